The smallest absolute Gasteiger partial charge is 0.410 e. The molecule has 0 aliphatic carbocycles. The number of hydrogen-bond acceptors (Lipinski definition) is 9. The molecule has 0 unspecified atom stereocenters. The van der Waals surface area contributed by atoms with Gasteiger partial charge in [-0.3, -0.25) is 0 Å². The highest BCUT2D eigenvalue weighted by molar-refractivity contribution is 7.90. The van der Waals surface area contributed by atoms with Gasteiger partial charge in [0.25, 0.3) is 0 Å². The quantitative estimate of drug-likeness (QED) is 0.589. The molecular weight excluding hydrogens is 458 g/mol. The van der Waals surface area contributed by atoms with Crippen molar-refractivity contribution in [1.29, 1.82) is 0 Å². The Morgan fingerprint density at radius 3 is 2.50 bits per heavy atom. The number of carbonyl (C=O) groups excluding carboxylic acids is 1. The van der Waals surface area contributed by atoms with Crippen molar-refractivity contribution >= 4 is 38.5 Å². The summed E-state index contributed by atoms with van der Waals surface area (Å²) in [6.07, 6.45) is 5.48. The van der Waals surface area contributed by atoms with E-state index in [-0.39, 0.29) is 17.2 Å². The van der Waals surface area contributed by atoms with Crippen LogP contribution in [0.3, 0.4) is 0 Å². The van der Waals surface area contributed by atoms with Crippen LogP contribution in [0, 0.1) is 6.92 Å². The second kappa shape index (κ2) is 8.82. The lowest BCUT2D eigenvalue weighted by atomic mass is 10.1. The van der Waals surface area contributed by atoms with E-state index in [1.54, 1.807) is 24.1 Å². The minimum atomic E-state index is -3.39. The zero-order valence-electron chi connectivity index (χ0n) is 19.9. The van der Waals surface area contributed by atoms with Crippen LogP contribution in [0.25, 0.3) is 11.0 Å². The summed E-state index contributed by atoms with van der Waals surface area (Å²) in [7, 11) is -3.39. The molecule has 0 radical (unpaired) electrons. The number of carbonyl (C=O) groups is 1. The van der Waals surface area contributed by atoms with E-state index in [0.29, 0.717) is 35.9 Å². The van der Waals surface area contributed by atoms with Crippen LogP contribution in [0.2, 0.25) is 0 Å². The number of anilines is 2. The zero-order chi connectivity index (χ0) is 24.7. The molecule has 0 spiro atoms. The molecule has 0 bridgehead atoms. The molecule has 4 rings (SSSR count). The Morgan fingerprint density at radius 1 is 1.18 bits per heavy atom. The first-order valence-electron chi connectivity index (χ1n) is 11.0. The molecule has 1 N–H and O–H groups in total. The van der Waals surface area contributed by atoms with Gasteiger partial charge in [0.05, 0.1) is 29.0 Å². The zero-order valence-corrected chi connectivity index (χ0v) is 20.8. The summed E-state index contributed by atoms with van der Waals surface area (Å²) in [6.45, 7) is 8.46. The van der Waals surface area contributed by atoms with Crippen LogP contribution in [-0.2, 0) is 14.6 Å². The van der Waals surface area contributed by atoms with Gasteiger partial charge in [-0.1, -0.05) is 0 Å². The summed E-state index contributed by atoms with van der Waals surface area (Å²) in [6, 6.07) is 3.23. The van der Waals surface area contributed by atoms with Gasteiger partial charge in [-0.15, -0.1) is 0 Å². The lowest BCUT2D eigenvalue weighted by Gasteiger charge is -2.33. The number of hydrogen-bond donors (Lipinski definition) is 1. The average Bonchev–Trinajstić information content (AvgIpc) is 3.18. The molecule has 1 fully saturated rings. The molecule has 3 aromatic heterocycles. The number of amides is 1. The van der Waals surface area contributed by atoms with Gasteiger partial charge in [-0.2, -0.15) is 5.10 Å². The monoisotopic (exact) mass is 487 g/mol. The van der Waals surface area contributed by atoms with E-state index in [4.69, 9.17) is 4.74 Å². The van der Waals surface area contributed by atoms with Crippen molar-refractivity contribution in [3.63, 3.8) is 0 Å². The van der Waals surface area contributed by atoms with Crippen LogP contribution in [0.1, 0.15) is 45.3 Å². The van der Waals surface area contributed by atoms with E-state index < -0.39 is 15.4 Å². The SMILES string of the molecule is Cc1nc(S(C)(=O)=O)ccc1Nc1ncnc2c1cnn2C1CCN(C(=O)OC(C)(C)C)CC1. The van der Waals surface area contributed by atoms with E-state index in [1.165, 1.54) is 12.4 Å². The number of rotatable bonds is 4. The number of nitrogens with zero attached hydrogens (tertiary/aromatic N) is 6. The molecule has 12 heteroatoms. The Kier molecular flexibility index (Phi) is 6.19. The lowest BCUT2D eigenvalue weighted by Crippen LogP contribution is -2.42. The summed E-state index contributed by atoms with van der Waals surface area (Å²) in [4.78, 5) is 27.1. The molecule has 0 saturated carbocycles. The van der Waals surface area contributed by atoms with Crippen molar-refractivity contribution in [2.75, 3.05) is 24.7 Å². The Labute approximate surface area is 198 Å². The number of pyridine rings is 1. The fourth-order valence-corrected chi connectivity index (χ4v) is 4.47. The Hall–Kier alpha value is -3.28. The Balaban J connectivity index is 1.51. The van der Waals surface area contributed by atoms with E-state index in [9.17, 15) is 13.2 Å². The largest absolute Gasteiger partial charge is 0.444 e. The van der Waals surface area contributed by atoms with Gasteiger partial charge >= 0.3 is 6.09 Å². The topological polar surface area (TPSA) is 132 Å². The first-order valence-corrected chi connectivity index (χ1v) is 12.9. The molecule has 4 heterocycles. The van der Waals surface area contributed by atoms with Crippen LogP contribution < -0.4 is 5.32 Å². The first-order chi connectivity index (χ1) is 15.9. The van der Waals surface area contributed by atoms with Crippen LogP contribution >= 0.6 is 0 Å². The average molecular weight is 488 g/mol. The Morgan fingerprint density at radius 2 is 1.88 bits per heavy atom. The van der Waals surface area contributed by atoms with Crippen LogP contribution in [0.15, 0.2) is 29.7 Å². The molecule has 1 amide bonds. The number of aromatic nitrogens is 5. The fraction of sp³-hybridized carbons (Fsp3) is 0.500. The van der Waals surface area contributed by atoms with Gasteiger partial charge in [-0.05, 0) is 52.7 Å². The number of piperidine rings is 1. The predicted octanol–water partition coefficient (Wildman–Crippen LogP) is 3.25. The van der Waals surface area contributed by atoms with E-state index in [0.717, 1.165) is 24.5 Å². The van der Waals surface area contributed by atoms with E-state index in [2.05, 4.69) is 25.4 Å². The molecule has 1 aliphatic rings. The number of fused-ring (bicyclic) bond motifs is 1. The van der Waals surface area contributed by atoms with Gasteiger partial charge < -0.3 is 15.0 Å². The number of sulfone groups is 1. The molecule has 0 aromatic carbocycles. The highest BCUT2D eigenvalue weighted by Gasteiger charge is 2.29. The van der Waals surface area contributed by atoms with Gasteiger partial charge in [0.1, 0.15) is 17.7 Å². The summed E-state index contributed by atoms with van der Waals surface area (Å²) < 4.78 is 30.9. The van der Waals surface area contributed by atoms with Crippen molar-refractivity contribution in [2.24, 2.45) is 0 Å². The summed E-state index contributed by atoms with van der Waals surface area (Å²) in [5, 5.41) is 8.55. The fourth-order valence-electron chi connectivity index (χ4n) is 3.85. The molecular formula is C22H29N7O4S. The molecule has 182 valence electrons. The minimum Gasteiger partial charge on any atom is -0.444 e. The van der Waals surface area contributed by atoms with Gasteiger partial charge in [0.15, 0.2) is 20.5 Å². The van der Waals surface area contributed by atoms with Gasteiger partial charge in [0.2, 0.25) is 0 Å². The molecule has 1 aliphatic heterocycles. The third-order valence-electron chi connectivity index (χ3n) is 5.55. The van der Waals surface area contributed by atoms with Gasteiger partial charge in [0, 0.05) is 19.3 Å². The highest BCUT2D eigenvalue weighted by atomic mass is 32.2. The van der Waals surface area contributed by atoms with Crippen LogP contribution in [0.4, 0.5) is 16.3 Å². The van der Waals surface area contributed by atoms with Crippen molar-refractivity contribution < 1.29 is 17.9 Å². The van der Waals surface area contributed by atoms with Crippen LogP contribution in [0.5, 0.6) is 0 Å². The first kappa shape index (κ1) is 23.9. The Bertz CT molecular complexity index is 1320. The molecule has 1 saturated heterocycles. The van der Waals surface area contributed by atoms with E-state index in [1.807, 2.05) is 25.5 Å². The normalized spacial score (nSPS) is 15.5. The van der Waals surface area contributed by atoms with Crippen molar-refractivity contribution in [1.82, 2.24) is 29.6 Å². The number of ether oxygens (including phenoxy) is 1. The maximum atomic E-state index is 12.4. The highest BCUT2D eigenvalue weighted by Crippen LogP contribution is 2.30. The number of likely N-dealkylation sites (tertiary alicyclic amines) is 1. The predicted molar refractivity (Wildman–Crippen MR) is 127 cm³/mol. The summed E-state index contributed by atoms with van der Waals surface area (Å²) >= 11 is 0. The second-order valence-electron chi connectivity index (χ2n) is 9.43. The maximum absolute atomic E-state index is 12.4. The van der Waals surface area contributed by atoms with Gasteiger partial charge in [-0.25, -0.2) is 32.8 Å². The van der Waals surface area contributed by atoms with Crippen molar-refractivity contribution in [3.8, 4) is 0 Å². The second-order valence-corrected chi connectivity index (χ2v) is 11.4. The van der Waals surface area contributed by atoms with Crippen molar-refractivity contribution in [2.45, 2.75) is 57.2 Å². The molecule has 34 heavy (non-hydrogen) atoms. The molecule has 11 nitrogen and oxygen atoms in total. The van der Waals surface area contributed by atoms with Crippen molar-refractivity contribution in [3.05, 3.63) is 30.4 Å². The van der Waals surface area contributed by atoms with Crippen LogP contribution in [-0.4, -0.2) is 69.1 Å². The third kappa shape index (κ3) is 5.11. The van der Waals surface area contributed by atoms with E-state index >= 15 is 0 Å². The standard InChI is InChI=1S/C22H29N7O4S/c1-14-17(6-7-18(26-14)34(5,31)32)27-19-16-12-25-29(20(16)24-13-23-19)15-8-10-28(11-9-15)21(30)33-22(2,3)4/h6-7,12-13,15H,8-11H2,1-5H3,(H,23,24,27). The maximum Gasteiger partial charge on any atom is 0.410 e. The summed E-state index contributed by atoms with van der Waals surface area (Å²) in [5.74, 6) is 0.555. The molecule has 0 atom stereocenters. The number of nitrogens with one attached hydrogen (secondary N) is 1. The third-order valence-corrected chi connectivity index (χ3v) is 6.53. The minimum absolute atomic E-state index is 0.0222. The number of aryl methyl sites for hydroxylation is 1. The molecule has 3 aromatic rings. The summed E-state index contributed by atoms with van der Waals surface area (Å²) in [5.41, 5.74) is 1.35. The lowest BCUT2D eigenvalue weighted by molar-refractivity contribution is 0.0186.